The molecule has 1 amide bonds. The van der Waals surface area contributed by atoms with Crippen molar-refractivity contribution in [3.05, 3.63) is 29.8 Å². The number of ether oxygens (including phenoxy) is 1. The van der Waals surface area contributed by atoms with Gasteiger partial charge >= 0.3 is 0 Å². The van der Waals surface area contributed by atoms with Crippen LogP contribution in [0.25, 0.3) is 0 Å². The van der Waals surface area contributed by atoms with Gasteiger partial charge in [0.25, 0.3) is 5.91 Å². The van der Waals surface area contributed by atoms with Crippen molar-refractivity contribution in [2.75, 3.05) is 6.61 Å². The highest BCUT2D eigenvalue weighted by Crippen LogP contribution is 2.17. The van der Waals surface area contributed by atoms with Gasteiger partial charge in [-0.05, 0) is 18.9 Å². The maximum Gasteiger partial charge on any atom is 0.258 e. The summed E-state index contributed by atoms with van der Waals surface area (Å²) < 4.78 is 5.40. The van der Waals surface area contributed by atoms with Crippen LogP contribution in [0.3, 0.4) is 0 Å². The molecule has 100 valence electrons. The molecule has 0 aliphatic carbocycles. The average molecular weight is 251 g/mol. The van der Waals surface area contributed by atoms with Crippen LogP contribution in [-0.4, -0.2) is 23.7 Å². The van der Waals surface area contributed by atoms with Crippen LogP contribution >= 0.6 is 0 Å². The molecule has 2 N–H and O–H groups in total. The van der Waals surface area contributed by atoms with Crippen LogP contribution in [0.5, 0.6) is 5.75 Å². The Balaban J connectivity index is 2.47. The van der Waals surface area contributed by atoms with Gasteiger partial charge in [-0.25, -0.2) is 0 Å². The molecular formula is C14H21NO3. The van der Waals surface area contributed by atoms with E-state index in [-0.39, 0.29) is 25.2 Å². The van der Waals surface area contributed by atoms with E-state index in [1.54, 1.807) is 12.1 Å². The normalized spacial score (nSPS) is 12.3. The van der Waals surface area contributed by atoms with Gasteiger partial charge in [-0.15, -0.1) is 0 Å². The van der Waals surface area contributed by atoms with Gasteiger partial charge in [0.2, 0.25) is 0 Å². The molecule has 0 spiro atoms. The number of rotatable bonds is 6. The molecule has 1 unspecified atom stereocenters. The summed E-state index contributed by atoms with van der Waals surface area (Å²) in [7, 11) is 0. The Hall–Kier alpha value is -1.55. The summed E-state index contributed by atoms with van der Waals surface area (Å²) in [5, 5.41) is 12.0. The highest BCUT2D eigenvalue weighted by molar-refractivity contribution is 5.77. The van der Waals surface area contributed by atoms with Crippen molar-refractivity contribution in [3.63, 3.8) is 0 Å². The molecule has 0 aliphatic rings. The molecule has 0 saturated heterocycles. The SMILES string of the molecule is CC(C)C(C)NC(=O)COc1ccccc1CO. The van der Waals surface area contributed by atoms with E-state index in [0.29, 0.717) is 17.2 Å². The van der Waals surface area contributed by atoms with Gasteiger partial charge in [0.1, 0.15) is 5.75 Å². The van der Waals surface area contributed by atoms with E-state index in [0.717, 1.165) is 0 Å². The Morgan fingerprint density at radius 2 is 2.00 bits per heavy atom. The number of carbonyl (C=O) groups is 1. The largest absolute Gasteiger partial charge is 0.483 e. The second kappa shape index (κ2) is 7.01. The molecule has 0 aromatic heterocycles. The number of para-hydroxylation sites is 1. The Labute approximate surface area is 108 Å². The Kier molecular flexibility index (Phi) is 5.65. The van der Waals surface area contributed by atoms with Crippen LogP contribution in [0.4, 0.5) is 0 Å². The highest BCUT2D eigenvalue weighted by Gasteiger charge is 2.11. The average Bonchev–Trinajstić information content (AvgIpc) is 2.36. The Bertz CT molecular complexity index is 390. The second-order valence-corrected chi connectivity index (χ2v) is 4.65. The fraction of sp³-hybridized carbons (Fsp3) is 0.500. The van der Waals surface area contributed by atoms with E-state index >= 15 is 0 Å². The number of hydrogen-bond acceptors (Lipinski definition) is 3. The first kappa shape index (κ1) is 14.5. The third-order valence-electron chi connectivity index (χ3n) is 2.89. The molecule has 1 atom stereocenters. The van der Waals surface area contributed by atoms with E-state index in [1.165, 1.54) is 0 Å². The minimum Gasteiger partial charge on any atom is -0.483 e. The fourth-order valence-corrected chi connectivity index (χ4v) is 1.38. The zero-order valence-electron chi connectivity index (χ0n) is 11.1. The zero-order valence-corrected chi connectivity index (χ0v) is 11.1. The van der Waals surface area contributed by atoms with E-state index in [9.17, 15) is 4.79 Å². The number of carbonyl (C=O) groups excluding carboxylic acids is 1. The lowest BCUT2D eigenvalue weighted by atomic mass is 10.1. The van der Waals surface area contributed by atoms with Crippen LogP contribution in [0.1, 0.15) is 26.3 Å². The minimum atomic E-state index is -0.149. The molecule has 0 fully saturated rings. The summed E-state index contributed by atoms with van der Waals surface area (Å²) >= 11 is 0. The van der Waals surface area contributed by atoms with Crippen molar-refractivity contribution in [2.45, 2.75) is 33.4 Å². The smallest absolute Gasteiger partial charge is 0.258 e. The summed E-state index contributed by atoms with van der Waals surface area (Å²) in [6.07, 6.45) is 0. The third kappa shape index (κ3) is 4.37. The molecule has 18 heavy (non-hydrogen) atoms. The van der Waals surface area contributed by atoms with E-state index in [2.05, 4.69) is 5.32 Å². The molecular weight excluding hydrogens is 230 g/mol. The summed E-state index contributed by atoms with van der Waals surface area (Å²) in [4.78, 5) is 11.6. The molecule has 1 rings (SSSR count). The molecule has 0 saturated carbocycles. The lowest BCUT2D eigenvalue weighted by molar-refractivity contribution is -0.124. The Morgan fingerprint density at radius 3 is 2.61 bits per heavy atom. The summed E-state index contributed by atoms with van der Waals surface area (Å²) in [6.45, 7) is 5.93. The lowest BCUT2D eigenvalue weighted by Crippen LogP contribution is -2.39. The van der Waals surface area contributed by atoms with Crippen molar-refractivity contribution in [3.8, 4) is 5.75 Å². The van der Waals surface area contributed by atoms with Crippen LogP contribution in [-0.2, 0) is 11.4 Å². The van der Waals surface area contributed by atoms with Gasteiger partial charge in [0.15, 0.2) is 6.61 Å². The predicted molar refractivity (Wildman–Crippen MR) is 70.3 cm³/mol. The molecule has 0 radical (unpaired) electrons. The van der Waals surface area contributed by atoms with E-state index in [4.69, 9.17) is 9.84 Å². The van der Waals surface area contributed by atoms with Crippen LogP contribution in [0, 0.1) is 5.92 Å². The lowest BCUT2D eigenvalue weighted by Gasteiger charge is -2.17. The molecule has 1 aromatic carbocycles. The maximum atomic E-state index is 11.6. The first-order valence-corrected chi connectivity index (χ1v) is 6.15. The van der Waals surface area contributed by atoms with Crippen molar-refractivity contribution in [2.24, 2.45) is 5.92 Å². The summed E-state index contributed by atoms with van der Waals surface area (Å²) in [5.74, 6) is 0.787. The van der Waals surface area contributed by atoms with E-state index < -0.39 is 0 Å². The minimum absolute atomic E-state index is 0.0337. The summed E-state index contributed by atoms with van der Waals surface area (Å²) in [6, 6.07) is 7.26. The number of hydrogen-bond donors (Lipinski definition) is 2. The predicted octanol–water partition coefficient (Wildman–Crippen LogP) is 1.72. The first-order chi connectivity index (χ1) is 8.54. The van der Waals surface area contributed by atoms with Gasteiger partial charge in [-0.3, -0.25) is 4.79 Å². The quantitative estimate of drug-likeness (QED) is 0.809. The number of benzene rings is 1. The first-order valence-electron chi connectivity index (χ1n) is 6.15. The number of aliphatic hydroxyl groups excluding tert-OH is 1. The summed E-state index contributed by atoms with van der Waals surface area (Å²) in [5.41, 5.74) is 0.683. The van der Waals surface area contributed by atoms with Crippen molar-refractivity contribution in [1.82, 2.24) is 5.32 Å². The third-order valence-corrected chi connectivity index (χ3v) is 2.89. The van der Waals surface area contributed by atoms with Crippen molar-refractivity contribution >= 4 is 5.91 Å². The number of nitrogens with one attached hydrogen (secondary N) is 1. The molecule has 0 heterocycles. The van der Waals surface area contributed by atoms with Gasteiger partial charge < -0.3 is 15.2 Å². The molecule has 1 aromatic rings. The molecule has 4 nitrogen and oxygen atoms in total. The monoisotopic (exact) mass is 251 g/mol. The van der Waals surface area contributed by atoms with E-state index in [1.807, 2.05) is 32.9 Å². The highest BCUT2D eigenvalue weighted by atomic mass is 16.5. The van der Waals surface area contributed by atoms with Gasteiger partial charge in [-0.2, -0.15) is 0 Å². The number of amides is 1. The topological polar surface area (TPSA) is 58.6 Å². The second-order valence-electron chi connectivity index (χ2n) is 4.65. The van der Waals surface area contributed by atoms with Gasteiger partial charge in [0, 0.05) is 11.6 Å². The molecule has 4 heteroatoms. The zero-order chi connectivity index (χ0) is 13.5. The molecule has 0 bridgehead atoms. The van der Waals surface area contributed by atoms with Crippen LogP contribution in [0.15, 0.2) is 24.3 Å². The van der Waals surface area contributed by atoms with Crippen LogP contribution in [0.2, 0.25) is 0 Å². The van der Waals surface area contributed by atoms with Crippen molar-refractivity contribution in [1.29, 1.82) is 0 Å². The standard InChI is InChI=1S/C14H21NO3/c1-10(2)11(3)15-14(17)9-18-13-7-5-4-6-12(13)8-16/h4-7,10-11,16H,8-9H2,1-3H3,(H,15,17). The van der Waals surface area contributed by atoms with Gasteiger partial charge in [-0.1, -0.05) is 32.0 Å². The number of aliphatic hydroxyl groups is 1. The maximum absolute atomic E-state index is 11.6. The van der Waals surface area contributed by atoms with Crippen molar-refractivity contribution < 1.29 is 14.6 Å². The van der Waals surface area contributed by atoms with Gasteiger partial charge in [0.05, 0.1) is 6.61 Å². The Morgan fingerprint density at radius 1 is 1.33 bits per heavy atom. The molecule has 0 aliphatic heterocycles. The van der Waals surface area contributed by atoms with Crippen LogP contribution < -0.4 is 10.1 Å². The fourth-order valence-electron chi connectivity index (χ4n) is 1.38.